The van der Waals surface area contributed by atoms with Crippen LogP contribution in [0.3, 0.4) is 0 Å². The minimum Gasteiger partial charge on any atom is -0.0622 e. The Labute approximate surface area is 864 Å². The molecule has 0 nitrogen and oxygen atoms in total. The molecule has 29 rings (SSSR count). The molecule has 0 aromatic heterocycles. The van der Waals surface area contributed by atoms with Crippen molar-refractivity contribution in [1.29, 1.82) is 0 Å². The lowest BCUT2D eigenvalue weighted by Crippen LogP contribution is -2.24. The van der Waals surface area contributed by atoms with Crippen LogP contribution in [0.4, 0.5) is 0 Å². The molecular formula is C147H116. The van der Waals surface area contributed by atoms with E-state index in [0.29, 0.717) is 5.92 Å². The predicted octanol–water partition coefficient (Wildman–Crippen LogP) is 40.3. The monoisotopic (exact) mass is 1880 g/mol. The Morgan fingerprint density at radius 1 is 0.136 bits per heavy atom. The molecule has 6 aliphatic carbocycles. The third kappa shape index (κ3) is 14.1. The van der Waals surface area contributed by atoms with Crippen molar-refractivity contribution < 1.29 is 0 Å². The SMILES string of the molecule is CC(C)c1cc(-c2ccc3c(c2)C(C)(C)c2c-3ccc3c2C(C)(C)c2ccccc2-3)cc(-c2ccc3cc(-c4ccc5ccccc5c4)ccc3c2)c1.CC1(C)c2ccccc2-c2c1ccc1c2C(C)(C)c2cc(-c3cc(-c4ccc5ccc(-c6ccccc6)cc5c4)cc4ccccc34)ccc2-1.CC1(C)c2ccccc2-c2c1ccc1c2C(C)(C)c2cc(-c3ccc4cc(-c5ccc6ccccc6c5)ccc4c3)ccc2-1. The second-order valence-corrected chi connectivity index (χ2v) is 46.0. The van der Waals surface area contributed by atoms with Gasteiger partial charge in [0, 0.05) is 32.5 Å². The van der Waals surface area contributed by atoms with Crippen molar-refractivity contribution in [2.45, 2.75) is 135 Å². The first kappa shape index (κ1) is 89.5. The second kappa shape index (κ2) is 33.1. The minimum atomic E-state index is -0.137. The van der Waals surface area contributed by atoms with E-state index in [-0.39, 0.29) is 32.5 Å². The highest BCUT2D eigenvalue weighted by atomic mass is 14.5. The summed E-state index contributed by atoms with van der Waals surface area (Å²) in [5.74, 6) is 0.417. The van der Waals surface area contributed by atoms with Gasteiger partial charge in [0.2, 0.25) is 0 Å². The maximum absolute atomic E-state index is 2.49. The lowest BCUT2D eigenvalue weighted by atomic mass is 9.72. The van der Waals surface area contributed by atoms with Gasteiger partial charge in [-0.15, -0.1) is 0 Å². The first-order chi connectivity index (χ1) is 71.2. The van der Waals surface area contributed by atoms with Crippen molar-refractivity contribution in [3.63, 3.8) is 0 Å². The molecule has 0 radical (unpaired) electrons. The fraction of sp³-hybridized carbons (Fsp3) is 0.143. The molecule has 0 fully saturated rings. The smallest absolute Gasteiger partial charge is 0.0165 e. The van der Waals surface area contributed by atoms with E-state index >= 15 is 0 Å². The fourth-order valence-electron chi connectivity index (χ4n) is 27.1. The molecule has 23 aromatic rings. The highest BCUT2D eigenvalue weighted by Crippen LogP contribution is 2.64. The number of fused-ring (bicyclic) bond motifs is 27. The summed E-state index contributed by atoms with van der Waals surface area (Å²) in [6, 6.07) is 167. The molecule has 0 saturated carbocycles. The van der Waals surface area contributed by atoms with Crippen molar-refractivity contribution in [1.82, 2.24) is 0 Å². The Hall–Kier alpha value is -16.4. The van der Waals surface area contributed by atoms with E-state index < -0.39 is 0 Å². The largest absolute Gasteiger partial charge is 0.0622 e. The van der Waals surface area contributed by atoms with Crippen LogP contribution in [0.2, 0.25) is 0 Å². The van der Waals surface area contributed by atoms with Crippen molar-refractivity contribution in [3.8, 4) is 156 Å². The van der Waals surface area contributed by atoms with Crippen molar-refractivity contribution in [2.24, 2.45) is 0 Å². The van der Waals surface area contributed by atoms with Crippen LogP contribution < -0.4 is 0 Å². The Kier molecular flexibility index (Phi) is 20.1. The average molecular weight is 1880 g/mol. The molecule has 0 unspecified atom stereocenters. The molecule has 0 atom stereocenters. The average Bonchev–Trinajstić information content (AvgIpc) is 1.54. The molecule has 0 aliphatic heterocycles. The van der Waals surface area contributed by atoms with Crippen LogP contribution in [0.25, 0.3) is 220 Å². The molecule has 23 aromatic carbocycles. The topological polar surface area (TPSA) is 0 Å². The molecule has 0 bridgehead atoms. The van der Waals surface area contributed by atoms with E-state index in [1.807, 2.05) is 0 Å². The van der Waals surface area contributed by atoms with Gasteiger partial charge in [-0.2, -0.15) is 0 Å². The second-order valence-electron chi connectivity index (χ2n) is 46.0. The molecule has 0 amide bonds. The summed E-state index contributed by atoms with van der Waals surface area (Å²) < 4.78 is 0. The summed E-state index contributed by atoms with van der Waals surface area (Å²) >= 11 is 0. The Bertz CT molecular complexity index is 9560. The molecule has 147 heavy (non-hydrogen) atoms. The van der Waals surface area contributed by atoms with Gasteiger partial charge in [-0.05, 0) is 384 Å². The zero-order valence-corrected chi connectivity index (χ0v) is 86.2. The maximum atomic E-state index is 2.49. The molecule has 704 valence electrons. The van der Waals surface area contributed by atoms with E-state index in [1.54, 1.807) is 0 Å². The molecule has 0 heteroatoms. The lowest BCUT2D eigenvalue weighted by molar-refractivity contribution is 0.601. The van der Waals surface area contributed by atoms with Crippen molar-refractivity contribution in [3.05, 3.63) is 515 Å². The summed E-state index contributed by atoms with van der Waals surface area (Å²) in [4.78, 5) is 0. The van der Waals surface area contributed by atoms with Crippen LogP contribution in [-0.4, -0.2) is 0 Å². The van der Waals surface area contributed by atoms with Crippen LogP contribution in [-0.2, 0) is 32.5 Å². The quantitative estimate of drug-likeness (QED) is 0.135. The first-order valence-corrected chi connectivity index (χ1v) is 52.8. The highest BCUT2D eigenvalue weighted by Gasteiger charge is 2.49. The normalized spacial score (nSPS) is 14.9. The van der Waals surface area contributed by atoms with Crippen LogP contribution in [0, 0.1) is 0 Å². The van der Waals surface area contributed by atoms with Gasteiger partial charge in [-0.1, -0.05) is 455 Å². The van der Waals surface area contributed by atoms with Crippen LogP contribution in [0.1, 0.15) is 175 Å². The van der Waals surface area contributed by atoms with Gasteiger partial charge in [0.05, 0.1) is 0 Å². The van der Waals surface area contributed by atoms with Crippen LogP contribution in [0.15, 0.2) is 443 Å². The summed E-state index contributed by atoms with van der Waals surface area (Å²) in [6.45, 7) is 33.6. The molecule has 0 spiro atoms. The zero-order chi connectivity index (χ0) is 99.8. The zero-order valence-electron chi connectivity index (χ0n) is 86.2. The Morgan fingerprint density at radius 2 is 0.401 bits per heavy atom. The maximum Gasteiger partial charge on any atom is 0.0165 e. The summed E-state index contributed by atoms with van der Waals surface area (Å²) in [7, 11) is 0. The predicted molar refractivity (Wildman–Crippen MR) is 627 cm³/mol. The van der Waals surface area contributed by atoms with Gasteiger partial charge >= 0.3 is 0 Å². The Morgan fingerprint density at radius 3 is 0.844 bits per heavy atom. The van der Waals surface area contributed by atoms with Crippen LogP contribution in [0.5, 0.6) is 0 Å². The summed E-state index contributed by atoms with van der Waals surface area (Å²) in [6.07, 6.45) is 0. The van der Waals surface area contributed by atoms with Crippen LogP contribution >= 0.6 is 0 Å². The van der Waals surface area contributed by atoms with Crippen molar-refractivity contribution in [2.75, 3.05) is 0 Å². The van der Waals surface area contributed by atoms with E-state index in [0.717, 1.165) is 0 Å². The van der Waals surface area contributed by atoms with Gasteiger partial charge in [-0.3, -0.25) is 0 Å². The summed E-state index contributed by atoms with van der Waals surface area (Å²) in [5.41, 5.74) is 55.4. The van der Waals surface area contributed by atoms with Gasteiger partial charge in [0.15, 0.2) is 0 Å². The molecule has 0 saturated heterocycles. The van der Waals surface area contributed by atoms with E-state index in [2.05, 4.69) is 540 Å². The first-order valence-electron chi connectivity index (χ1n) is 52.8. The van der Waals surface area contributed by atoms with Gasteiger partial charge in [-0.25, -0.2) is 0 Å². The van der Waals surface area contributed by atoms with Gasteiger partial charge < -0.3 is 0 Å². The standard InChI is InChI=1S/C53H44.C50H38.C44H34/c1-32(2)41-28-42(39-20-19-37-26-36(17-18-38(37)27-39)35-16-15-33-11-7-8-12-34(33)25-35)30-43(29-41)40-21-22-45-47-24-23-46-44-13-9-10-14-48(44)52(3,4)50(46)51(47)53(5,6)49(45)31-40;1-49(2)44-17-11-10-16-42(44)47-45(49)25-24-41-40-23-22-36(30-46(40)50(3,4)48(41)47)43-29-38(28-35-14-8-9-15-39(35)43)34-21-19-32-18-20-33(26-37(32)27-34)31-12-6-5-7-13-31;1-43(2)38-12-8-7-11-37(38)41-39(43)22-21-36-35-20-19-34(26-40(35)44(3,4)42(36)41)33-18-17-31-24-30(15-16-32(31)25-33)29-14-13-27-9-5-6-10-28(27)23-29/h7-32H,1-6H3;5-30H,1-4H3;5-26H,1-4H3. The number of benzene rings is 23. The number of hydrogen-bond acceptors (Lipinski definition) is 0. The van der Waals surface area contributed by atoms with Gasteiger partial charge in [0.1, 0.15) is 0 Å². The lowest BCUT2D eigenvalue weighted by Gasteiger charge is -2.30. The fourth-order valence-corrected chi connectivity index (χ4v) is 27.1. The molecule has 6 aliphatic rings. The van der Waals surface area contributed by atoms with Gasteiger partial charge in [0.25, 0.3) is 0 Å². The number of rotatable bonds is 9. The van der Waals surface area contributed by atoms with E-state index in [1.165, 1.54) is 293 Å². The van der Waals surface area contributed by atoms with E-state index in [9.17, 15) is 0 Å². The third-order valence-corrected chi connectivity index (χ3v) is 35.0. The van der Waals surface area contributed by atoms with E-state index in [4.69, 9.17) is 0 Å². The minimum absolute atomic E-state index is 0.0101. The molecule has 0 N–H and O–H groups in total. The molecule has 0 heterocycles. The summed E-state index contributed by atoms with van der Waals surface area (Å²) in [5, 5.41) is 15.2. The third-order valence-electron chi connectivity index (χ3n) is 35.0. The van der Waals surface area contributed by atoms with Crippen molar-refractivity contribution >= 4 is 64.6 Å². The molecular weight excluding hydrogens is 1770 g/mol. The number of hydrogen-bond donors (Lipinski definition) is 0. The Balaban J connectivity index is 0.000000110. The highest BCUT2D eigenvalue weighted by molar-refractivity contribution is 6.06.